The predicted molar refractivity (Wildman–Crippen MR) is 94.2 cm³/mol. The number of carbonyl (C=O) groups excluding carboxylic acids is 2. The maximum Gasteiger partial charge on any atom is 0.337 e. The third-order valence-electron chi connectivity index (χ3n) is 3.48. The SMILES string of the molecule is CCNC(=O)Cn1c(CO)cnc1SCc1ccc(C(=O)OC)cc1. The molecular weight excluding hydrogens is 342 g/mol. The smallest absolute Gasteiger partial charge is 0.337 e. The molecule has 0 saturated heterocycles. The Kier molecular flexibility index (Phi) is 7.03. The van der Waals surface area contributed by atoms with Crippen LogP contribution in [0, 0.1) is 0 Å². The van der Waals surface area contributed by atoms with Gasteiger partial charge in [0.1, 0.15) is 6.54 Å². The van der Waals surface area contributed by atoms with E-state index in [-0.39, 0.29) is 25.0 Å². The van der Waals surface area contributed by atoms with Crippen molar-refractivity contribution < 1.29 is 19.4 Å². The van der Waals surface area contributed by atoms with E-state index in [1.165, 1.54) is 18.9 Å². The molecule has 8 heteroatoms. The van der Waals surface area contributed by atoms with Crippen LogP contribution in [0.4, 0.5) is 0 Å². The predicted octanol–water partition coefficient (Wildman–Crippen LogP) is 1.59. The van der Waals surface area contributed by atoms with Gasteiger partial charge < -0.3 is 19.7 Å². The van der Waals surface area contributed by atoms with Gasteiger partial charge in [0.05, 0.1) is 31.2 Å². The molecule has 1 heterocycles. The second-order valence-corrected chi connectivity index (χ2v) is 6.15. The number of benzene rings is 1. The second kappa shape index (κ2) is 9.24. The summed E-state index contributed by atoms with van der Waals surface area (Å²) < 4.78 is 6.38. The Bertz CT molecular complexity index is 728. The minimum absolute atomic E-state index is 0.118. The first-order chi connectivity index (χ1) is 12.1. The number of imidazole rings is 1. The van der Waals surface area contributed by atoms with Gasteiger partial charge in [-0.25, -0.2) is 9.78 Å². The number of esters is 1. The van der Waals surface area contributed by atoms with E-state index in [1.54, 1.807) is 22.9 Å². The molecule has 1 amide bonds. The van der Waals surface area contributed by atoms with Crippen LogP contribution in [0.5, 0.6) is 0 Å². The zero-order valence-corrected chi connectivity index (χ0v) is 15.0. The van der Waals surface area contributed by atoms with Gasteiger partial charge in [-0.2, -0.15) is 0 Å². The normalized spacial score (nSPS) is 10.5. The fourth-order valence-electron chi connectivity index (χ4n) is 2.20. The molecule has 7 nitrogen and oxygen atoms in total. The van der Waals surface area contributed by atoms with E-state index in [2.05, 4.69) is 15.0 Å². The molecule has 0 aliphatic rings. The zero-order chi connectivity index (χ0) is 18.2. The molecule has 1 aromatic heterocycles. The van der Waals surface area contributed by atoms with Gasteiger partial charge >= 0.3 is 5.97 Å². The maximum atomic E-state index is 11.8. The number of aliphatic hydroxyl groups excluding tert-OH is 1. The summed E-state index contributed by atoms with van der Waals surface area (Å²) in [5.74, 6) is 0.127. The number of nitrogens with zero attached hydrogens (tertiary/aromatic N) is 2. The molecule has 0 aliphatic heterocycles. The molecule has 0 unspecified atom stereocenters. The van der Waals surface area contributed by atoms with Gasteiger partial charge in [0, 0.05) is 12.3 Å². The second-order valence-electron chi connectivity index (χ2n) is 5.21. The number of nitrogens with one attached hydrogen (secondary N) is 1. The molecular formula is C17H21N3O4S. The number of carbonyl (C=O) groups is 2. The molecule has 0 aliphatic carbocycles. The molecule has 0 bridgehead atoms. The van der Waals surface area contributed by atoms with Crippen LogP contribution < -0.4 is 5.32 Å². The minimum atomic E-state index is -0.371. The van der Waals surface area contributed by atoms with Crippen LogP contribution >= 0.6 is 11.8 Å². The summed E-state index contributed by atoms with van der Waals surface area (Å²) in [5, 5.41) is 12.8. The average molecular weight is 363 g/mol. The number of thioether (sulfide) groups is 1. The number of ether oxygens (including phenoxy) is 1. The molecule has 1 aromatic carbocycles. The lowest BCUT2D eigenvalue weighted by Gasteiger charge is -2.10. The van der Waals surface area contributed by atoms with Crippen LogP contribution in [-0.2, 0) is 28.4 Å². The Balaban J connectivity index is 2.06. The van der Waals surface area contributed by atoms with Crippen molar-refractivity contribution in [2.75, 3.05) is 13.7 Å². The molecule has 0 atom stereocenters. The Labute approximate surface area is 150 Å². The highest BCUT2D eigenvalue weighted by molar-refractivity contribution is 7.98. The highest BCUT2D eigenvalue weighted by Crippen LogP contribution is 2.23. The van der Waals surface area contributed by atoms with Gasteiger partial charge in [0.15, 0.2) is 5.16 Å². The number of hydrogen-bond donors (Lipinski definition) is 2. The van der Waals surface area contributed by atoms with Crippen molar-refractivity contribution >= 4 is 23.6 Å². The lowest BCUT2D eigenvalue weighted by atomic mass is 10.1. The van der Waals surface area contributed by atoms with Gasteiger partial charge in [0.2, 0.25) is 5.91 Å². The van der Waals surface area contributed by atoms with Crippen molar-refractivity contribution in [2.24, 2.45) is 0 Å². The lowest BCUT2D eigenvalue weighted by molar-refractivity contribution is -0.121. The number of rotatable bonds is 8. The number of aromatic nitrogens is 2. The van der Waals surface area contributed by atoms with Crippen LogP contribution in [0.3, 0.4) is 0 Å². The molecule has 2 rings (SSSR count). The van der Waals surface area contributed by atoms with Crippen LogP contribution in [0.2, 0.25) is 0 Å². The number of aliphatic hydroxyl groups is 1. The summed E-state index contributed by atoms with van der Waals surface area (Å²) in [6.45, 7) is 2.34. The van der Waals surface area contributed by atoms with Crippen molar-refractivity contribution in [3.63, 3.8) is 0 Å². The van der Waals surface area contributed by atoms with E-state index in [1.807, 2.05) is 19.1 Å². The van der Waals surface area contributed by atoms with Crippen molar-refractivity contribution in [1.82, 2.24) is 14.9 Å². The fourth-order valence-corrected chi connectivity index (χ4v) is 3.16. The highest BCUT2D eigenvalue weighted by Gasteiger charge is 2.13. The van der Waals surface area contributed by atoms with Crippen molar-refractivity contribution in [1.29, 1.82) is 0 Å². The Morgan fingerprint density at radius 3 is 2.64 bits per heavy atom. The van der Waals surface area contributed by atoms with Crippen LogP contribution in [0.1, 0.15) is 28.5 Å². The minimum Gasteiger partial charge on any atom is -0.465 e. The van der Waals surface area contributed by atoms with E-state index in [9.17, 15) is 14.7 Å². The van der Waals surface area contributed by atoms with Gasteiger partial charge in [-0.3, -0.25) is 4.79 Å². The Hall–Kier alpha value is -2.32. The summed E-state index contributed by atoms with van der Waals surface area (Å²) in [6, 6.07) is 7.12. The number of likely N-dealkylation sites (N-methyl/N-ethyl adjacent to an activating group) is 1. The quantitative estimate of drug-likeness (QED) is 0.546. The van der Waals surface area contributed by atoms with Gasteiger partial charge in [-0.15, -0.1) is 0 Å². The topological polar surface area (TPSA) is 93.5 Å². The standard InChI is InChI=1S/C17H21N3O4S/c1-3-18-15(22)9-20-14(10-21)8-19-17(20)25-11-12-4-6-13(7-5-12)16(23)24-2/h4-8,21H,3,9-11H2,1-2H3,(H,18,22). The summed E-state index contributed by atoms with van der Waals surface area (Å²) in [7, 11) is 1.35. The number of methoxy groups -OCH3 is 1. The highest BCUT2D eigenvalue weighted by atomic mass is 32.2. The monoisotopic (exact) mass is 363 g/mol. The molecule has 2 N–H and O–H groups in total. The van der Waals surface area contributed by atoms with E-state index >= 15 is 0 Å². The molecule has 0 fully saturated rings. The molecule has 25 heavy (non-hydrogen) atoms. The van der Waals surface area contributed by atoms with Crippen molar-refractivity contribution in [2.45, 2.75) is 31.0 Å². The maximum absolute atomic E-state index is 11.8. The number of hydrogen-bond acceptors (Lipinski definition) is 6. The van der Waals surface area contributed by atoms with Gasteiger partial charge in [-0.1, -0.05) is 23.9 Å². The Morgan fingerprint density at radius 1 is 1.32 bits per heavy atom. The number of amides is 1. The van der Waals surface area contributed by atoms with E-state index < -0.39 is 0 Å². The van der Waals surface area contributed by atoms with Crippen LogP contribution in [0.15, 0.2) is 35.6 Å². The third kappa shape index (κ3) is 5.07. The zero-order valence-electron chi connectivity index (χ0n) is 14.2. The summed E-state index contributed by atoms with van der Waals surface area (Å²) in [4.78, 5) is 27.6. The summed E-state index contributed by atoms with van der Waals surface area (Å²) in [5.41, 5.74) is 2.10. The molecule has 0 saturated carbocycles. The van der Waals surface area contributed by atoms with Crippen molar-refractivity contribution in [3.8, 4) is 0 Å². The molecule has 2 aromatic rings. The Morgan fingerprint density at radius 2 is 2.04 bits per heavy atom. The van der Waals surface area contributed by atoms with Crippen LogP contribution in [-0.4, -0.2) is 40.2 Å². The summed E-state index contributed by atoms with van der Waals surface area (Å²) >= 11 is 1.46. The van der Waals surface area contributed by atoms with Crippen molar-refractivity contribution in [3.05, 3.63) is 47.3 Å². The molecule has 134 valence electrons. The lowest BCUT2D eigenvalue weighted by Crippen LogP contribution is -2.28. The molecule has 0 spiro atoms. The van der Waals surface area contributed by atoms with Gasteiger partial charge in [-0.05, 0) is 24.6 Å². The first-order valence-electron chi connectivity index (χ1n) is 7.81. The third-order valence-corrected chi connectivity index (χ3v) is 4.54. The first kappa shape index (κ1) is 19.0. The fraction of sp³-hybridized carbons (Fsp3) is 0.353. The summed E-state index contributed by atoms with van der Waals surface area (Å²) in [6.07, 6.45) is 1.57. The van der Waals surface area contributed by atoms with Crippen LogP contribution in [0.25, 0.3) is 0 Å². The van der Waals surface area contributed by atoms with E-state index in [0.29, 0.717) is 28.7 Å². The first-order valence-corrected chi connectivity index (χ1v) is 8.79. The van der Waals surface area contributed by atoms with Gasteiger partial charge in [0.25, 0.3) is 0 Å². The van der Waals surface area contributed by atoms with E-state index in [0.717, 1.165) is 5.56 Å². The average Bonchev–Trinajstić information content (AvgIpc) is 3.01. The molecule has 0 radical (unpaired) electrons. The largest absolute Gasteiger partial charge is 0.465 e. The van der Waals surface area contributed by atoms with E-state index in [4.69, 9.17) is 0 Å².